The summed E-state index contributed by atoms with van der Waals surface area (Å²) in [7, 11) is 0. The molecule has 0 aromatic carbocycles. The van der Waals surface area contributed by atoms with Gasteiger partial charge in [0.25, 0.3) is 0 Å². The average Bonchev–Trinajstić information content (AvgIpc) is 3.01. The van der Waals surface area contributed by atoms with Gasteiger partial charge in [-0.05, 0) is 31.1 Å². The predicted octanol–water partition coefficient (Wildman–Crippen LogP) is 11.8. The number of esters is 3. The highest BCUT2D eigenvalue weighted by atomic mass is 16.6. The molecule has 0 bridgehead atoms. The first-order valence-corrected chi connectivity index (χ1v) is 19.7. The fourth-order valence-corrected chi connectivity index (χ4v) is 5.69. The number of carbonyl (C=O) groups is 3. The molecule has 0 spiro atoms. The highest BCUT2D eigenvalue weighted by Crippen LogP contribution is 2.15. The van der Waals surface area contributed by atoms with Crippen LogP contribution in [0, 0.1) is 11.8 Å². The zero-order valence-electron chi connectivity index (χ0n) is 31.2. The summed E-state index contributed by atoms with van der Waals surface area (Å²) < 4.78 is 16.5. The molecule has 6 heteroatoms. The maximum absolute atomic E-state index is 12.6. The molecule has 0 saturated heterocycles. The predicted molar refractivity (Wildman–Crippen MR) is 192 cm³/mol. The first-order valence-electron chi connectivity index (χ1n) is 19.7. The minimum atomic E-state index is -0.758. The largest absolute Gasteiger partial charge is 0.462 e. The normalized spacial score (nSPS) is 12.1. The Bertz CT molecular complexity index is 704. The average molecular weight is 653 g/mol. The van der Waals surface area contributed by atoms with E-state index < -0.39 is 6.10 Å². The van der Waals surface area contributed by atoms with Crippen LogP contribution in [0.25, 0.3) is 0 Å². The van der Waals surface area contributed by atoms with Crippen LogP contribution >= 0.6 is 0 Å². The maximum atomic E-state index is 12.6. The summed E-state index contributed by atoms with van der Waals surface area (Å²) >= 11 is 0. The van der Waals surface area contributed by atoms with Gasteiger partial charge in [-0.2, -0.15) is 0 Å². The highest BCUT2D eigenvalue weighted by molar-refractivity contribution is 5.71. The molecule has 0 aromatic heterocycles. The van der Waals surface area contributed by atoms with Crippen LogP contribution in [0.2, 0.25) is 0 Å². The van der Waals surface area contributed by atoms with Gasteiger partial charge in [0.2, 0.25) is 0 Å². The molecule has 0 heterocycles. The molecule has 0 aliphatic heterocycles. The van der Waals surface area contributed by atoms with Gasteiger partial charge in [-0.1, -0.05) is 169 Å². The van der Waals surface area contributed by atoms with E-state index >= 15 is 0 Å². The highest BCUT2D eigenvalue weighted by Gasteiger charge is 2.19. The molecule has 0 aliphatic rings. The van der Waals surface area contributed by atoms with Crippen molar-refractivity contribution in [2.75, 3.05) is 13.2 Å². The van der Waals surface area contributed by atoms with Crippen LogP contribution in [-0.4, -0.2) is 37.2 Å². The number of hydrogen-bond donors (Lipinski definition) is 0. The van der Waals surface area contributed by atoms with Gasteiger partial charge in [0.1, 0.15) is 13.2 Å². The lowest BCUT2D eigenvalue weighted by Gasteiger charge is -2.18. The standard InChI is InChI=1S/C40H76O6/c1-6-7-8-18-25-30-38(41)44-33-37(46-40(43)32-27-22-17-13-12-15-20-24-29-36(4)5)34-45-39(42)31-26-21-16-11-9-10-14-19-23-28-35(2)3/h35-37H,6-34H2,1-5H3/t37-/m1/s1. The van der Waals surface area contributed by atoms with Gasteiger partial charge in [0.15, 0.2) is 6.10 Å². The Balaban J connectivity index is 4.27. The van der Waals surface area contributed by atoms with Crippen molar-refractivity contribution in [3.63, 3.8) is 0 Å². The minimum absolute atomic E-state index is 0.0675. The topological polar surface area (TPSA) is 78.9 Å². The molecule has 0 radical (unpaired) electrons. The van der Waals surface area contributed by atoms with Gasteiger partial charge in [0.05, 0.1) is 0 Å². The van der Waals surface area contributed by atoms with Crippen LogP contribution in [0.3, 0.4) is 0 Å². The second-order valence-electron chi connectivity index (χ2n) is 14.5. The summed E-state index contributed by atoms with van der Waals surface area (Å²) in [4.78, 5) is 37.2. The molecule has 0 fully saturated rings. The van der Waals surface area contributed by atoms with Crippen LogP contribution < -0.4 is 0 Å². The van der Waals surface area contributed by atoms with E-state index in [2.05, 4.69) is 34.6 Å². The first kappa shape index (κ1) is 44.4. The summed E-state index contributed by atoms with van der Waals surface area (Å²) in [5, 5.41) is 0. The van der Waals surface area contributed by atoms with E-state index in [1.165, 1.54) is 89.9 Å². The number of unbranched alkanes of at least 4 members (excludes halogenated alkanes) is 19. The monoisotopic (exact) mass is 653 g/mol. The van der Waals surface area contributed by atoms with E-state index in [0.29, 0.717) is 19.3 Å². The Hall–Kier alpha value is -1.59. The zero-order valence-corrected chi connectivity index (χ0v) is 31.2. The summed E-state index contributed by atoms with van der Waals surface area (Å²) in [5.74, 6) is 0.720. The van der Waals surface area contributed by atoms with Gasteiger partial charge in [-0.25, -0.2) is 0 Å². The molecule has 272 valence electrons. The van der Waals surface area contributed by atoms with E-state index in [1.807, 2.05) is 0 Å². The molecule has 0 aliphatic carbocycles. The minimum Gasteiger partial charge on any atom is -0.462 e. The van der Waals surface area contributed by atoms with Crippen LogP contribution in [0.5, 0.6) is 0 Å². The zero-order chi connectivity index (χ0) is 34.1. The van der Waals surface area contributed by atoms with Crippen molar-refractivity contribution in [3.05, 3.63) is 0 Å². The summed E-state index contributed by atoms with van der Waals surface area (Å²) in [6, 6.07) is 0. The Labute approximate surface area is 285 Å². The Morgan fingerprint density at radius 3 is 1.07 bits per heavy atom. The second kappa shape index (κ2) is 33.3. The first-order chi connectivity index (χ1) is 22.2. The summed E-state index contributed by atoms with van der Waals surface area (Å²) in [6.07, 6.45) is 28.4. The van der Waals surface area contributed by atoms with Crippen molar-refractivity contribution in [2.24, 2.45) is 11.8 Å². The van der Waals surface area contributed by atoms with E-state index in [4.69, 9.17) is 14.2 Å². The maximum Gasteiger partial charge on any atom is 0.306 e. The van der Waals surface area contributed by atoms with Gasteiger partial charge < -0.3 is 14.2 Å². The Kier molecular flexibility index (Phi) is 32.2. The van der Waals surface area contributed by atoms with E-state index in [1.54, 1.807) is 0 Å². The molecule has 46 heavy (non-hydrogen) atoms. The number of carbonyl (C=O) groups excluding carboxylic acids is 3. The molecule has 6 nitrogen and oxygen atoms in total. The molecule has 0 aromatic rings. The lowest BCUT2D eigenvalue weighted by atomic mass is 10.0. The summed E-state index contributed by atoms with van der Waals surface area (Å²) in [5.41, 5.74) is 0. The fourth-order valence-electron chi connectivity index (χ4n) is 5.69. The van der Waals surface area contributed by atoms with Gasteiger partial charge in [-0.3, -0.25) is 14.4 Å². The smallest absolute Gasteiger partial charge is 0.306 e. The molecule has 0 N–H and O–H groups in total. The van der Waals surface area contributed by atoms with E-state index in [9.17, 15) is 14.4 Å². The molecule has 0 rings (SSSR count). The molecular formula is C40H76O6. The van der Waals surface area contributed by atoms with Crippen molar-refractivity contribution >= 4 is 17.9 Å². The number of hydrogen-bond acceptors (Lipinski definition) is 6. The van der Waals surface area contributed by atoms with Crippen molar-refractivity contribution in [1.29, 1.82) is 0 Å². The third-order valence-corrected chi connectivity index (χ3v) is 8.72. The van der Waals surface area contributed by atoms with Crippen LogP contribution in [0.1, 0.15) is 208 Å². The third-order valence-electron chi connectivity index (χ3n) is 8.72. The van der Waals surface area contributed by atoms with Crippen LogP contribution in [0.15, 0.2) is 0 Å². The second-order valence-corrected chi connectivity index (χ2v) is 14.5. The van der Waals surface area contributed by atoms with Crippen molar-refractivity contribution < 1.29 is 28.6 Å². The molecule has 0 saturated carbocycles. The molecule has 0 amide bonds. The van der Waals surface area contributed by atoms with Crippen molar-refractivity contribution in [2.45, 2.75) is 214 Å². The van der Waals surface area contributed by atoms with Gasteiger partial charge in [-0.15, -0.1) is 0 Å². The summed E-state index contributed by atoms with van der Waals surface area (Å²) in [6.45, 7) is 11.2. The fraction of sp³-hybridized carbons (Fsp3) is 0.925. The van der Waals surface area contributed by atoms with Crippen LogP contribution in [-0.2, 0) is 28.6 Å². The van der Waals surface area contributed by atoms with Gasteiger partial charge in [0, 0.05) is 19.3 Å². The van der Waals surface area contributed by atoms with Gasteiger partial charge >= 0.3 is 17.9 Å². The molecule has 0 unspecified atom stereocenters. The van der Waals surface area contributed by atoms with Crippen molar-refractivity contribution in [3.8, 4) is 0 Å². The molecular weight excluding hydrogens is 576 g/mol. The third kappa shape index (κ3) is 33.8. The quantitative estimate of drug-likeness (QED) is 0.0391. The van der Waals surface area contributed by atoms with E-state index in [-0.39, 0.29) is 31.1 Å². The Morgan fingerprint density at radius 1 is 0.413 bits per heavy atom. The number of rotatable bonds is 34. The molecule has 1 atom stereocenters. The lowest BCUT2D eigenvalue weighted by Crippen LogP contribution is -2.30. The lowest BCUT2D eigenvalue weighted by molar-refractivity contribution is -0.167. The SMILES string of the molecule is CCCCCCCC(=O)OC[C@H](COC(=O)CCCCCCCCCCCC(C)C)OC(=O)CCCCCCCCCCC(C)C. The number of ether oxygens (including phenoxy) is 3. The van der Waals surface area contributed by atoms with E-state index in [0.717, 1.165) is 76.0 Å². The van der Waals surface area contributed by atoms with Crippen molar-refractivity contribution in [1.82, 2.24) is 0 Å². The van der Waals surface area contributed by atoms with Crippen LogP contribution in [0.4, 0.5) is 0 Å². The Morgan fingerprint density at radius 2 is 0.717 bits per heavy atom.